The van der Waals surface area contributed by atoms with Gasteiger partial charge in [0, 0.05) is 19.0 Å². The summed E-state index contributed by atoms with van der Waals surface area (Å²) >= 11 is 0. The number of halogens is 2. The summed E-state index contributed by atoms with van der Waals surface area (Å²) in [5.74, 6) is -2.05. The van der Waals surface area contributed by atoms with Crippen LogP contribution >= 0.6 is 0 Å². The number of carboxylic acid groups (broad SMARTS) is 1. The molecule has 1 saturated heterocycles. The number of carbonyl (C=O) groups is 1. The van der Waals surface area contributed by atoms with Gasteiger partial charge in [0.05, 0.1) is 0 Å². The second-order valence-electron chi connectivity index (χ2n) is 5.43. The maximum absolute atomic E-state index is 13.3. The summed E-state index contributed by atoms with van der Waals surface area (Å²) in [5, 5.41) is 8.69. The third-order valence-electron chi connectivity index (χ3n) is 4.06. The highest BCUT2D eigenvalue weighted by atomic mass is 19.2. The molecule has 1 aliphatic rings. The Balaban J connectivity index is 1.95. The number of benzene rings is 1. The smallest absolute Gasteiger partial charge is 0.303 e. The first kappa shape index (κ1) is 14.9. The molecule has 1 aliphatic heterocycles. The number of carboxylic acids is 1. The van der Waals surface area contributed by atoms with Gasteiger partial charge in [-0.15, -0.1) is 0 Å². The lowest BCUT2D eigenvalue weighted by atomic mass is 10.0. The van der Waals surface area contributed by atoms with Crippen molar-refractivity contribution >= 4 is 5.97 Å². The van der Waals surface area contributed by atoms with Crippen LogP contribution in [0.25, 0.3) is 0 Å². The molecule has 0 amide bonds. The standard InChI is InChI=1S/C15H19F2NO2/c1-10(12-3-4-13(16)14(17)8-12)18-7-6-11(9-18)2-5-15(19)20/h3-4,8,10-11H,2,5-7,9H2,1H3,(H,19,20). The van der Waals surface area contributed by atoms with Crippen LogP contribution in [0, 0.1) is 17.6 Å². The van der Waals surface area contributed by atoms with E-state index >= 15 is 0 Å². The van der Waals surface area contributed by atoms with Crippen LogP contribution in [0.1, 0.15) is 37.8 Å². The summed E-state index contributed by atoms with van der Waals surface area (Å²) in [7, 11) is 0. The minimum atomic E-state index is -0.832. The van der Waals surface area contributed by atoms with E-state index in [2.05, 4.69) is 4.90 Å². The summed E-state index contributed by atoms with van der Waals surface area (Å²) in [4.78, 5) is 12.8. The Hall–Kier alpha value is -1.49. The van der Waals surface area contributed by atoms with Gasteiger partial charge in [0.15, 0.2) is 11.6 Å². The number of hydrogen-bond acceptors (Lipinski definition) is 2. The van der Waals surface area contributed by atoms with E-state index in [1.54, 1.807) is 6.07 Å². The van der Waals surface area contributed by atoms with Crippen molar-refractivity contribution in [1.29, 1.82) is 0 Å². The molecule has 0 aliphatic carbocycles. The second-order valence-corrected chi connectivity index (χ2v) is 5.43. The average molecular weight is 283 g/mol. The van der Waals surface area contributed by atoms with Gasteiger partial charge in [-0.1, -0.05) is 6.07 Å². The van der Waals surface area contributed by atoms with E-state index in [4.69, 9.17) is 5.11 Å². The van der Waals surface area contributed by atoms with Gasteiger partial charge < -0.3 is 5.11 Å². The highest BCUT2D eigenvalue weighted by molar-refractivity contribution is 5.66. The predicted octanol–water partition coefficient (Wildman–Crippen LogP) is 3.21. The van der Waals surface area contributed by atoms with Crippen LogP contribution in [0.3, 0.4) is 0 Å². The molecule has 0 spiro atoms. The number of aliphatic carboxylic acids is 1. The first-order valence-corrected chi connectivity index (χ1v) is 6.88. The first-order valence-electron chi connectivity index (χ1n) is 6.88. The van der Waals surface area contributed by atoms with Crippen molar-refractivity contribution < 1.29 is 18.7 Å². The zero-order chi connectivity index (χ0) is 14.7. The highest BCUT2D eigenvalue weighted by Gasteiger charge is 2.27. The van der Waals surface area contributed by atoms with Gasteiger partial charge in [0.25, 0.3) is 0 Å². The Labute approximate surface area is 117 Å². The molecule has 3 nitrogen and oxygen atoms in total. The number of rotatable bonds is 5. The molecule has 2 atom stereocenters. The van der Waals surface area contributed by atoms with Gasteiger partial charge >= 0.3 is 5.97 Å². The van der Waals surface area contributed by atoms with Crippen LogP contribution in [-0.2, 0) is 4.79 Å². The normalized spacial score (nSPS) is 21.1. The van der Waals surface area contributed by atoms with Gasteiger partial charge in [-0.05, 0) is 49.9 Å². The van der Waals surface area contributed by atoms with E-state index in [1.165, 1.54) is 6.07 Å². The number of likely N-dealkylation sites (tertiary alicyclic amines) is 1. The maximum Gasteiger partial charge on any atom is 0.303 e. The molecule has 0 radical (unpaired) electrons. The summed E-state index contributed by atoms with van der Waals surface area (Å²) in [6, 6.07) is 4.01. The zero-order valence-electron chi connectivity index (χ0n) is 11.5. The molecule has 1 aromatic rings. The van der Waals surface area contributed by atoms with Crippen molar-refractivity contribution in [3.63, 3.8) is 0 Å². The van der Waals surface area contributed by atoms with Crippen LogP contribution in [0.4, 0.5) is 8.78 Å². The molecule has 0 saturated carbocycles. The predicted molar refractivity (Wildman–Crippen MR) is 71.3 cm³/mol. The van der Waals surface area contributed by atoms with Crippen molar-refractivity contribution in [3.8, 4) is 0 Å². The van der Waals surface area contributed by atoms with Crippen LogP contribution in [-0.4, -0.2) is 29.1 Å². The van der Waals surface area contributed by atoms with Crippen molar-refractivity contribution in [2.24, 2.45) is 5.92 Å². The molecular weight excluding hydrogens is 264 g/mol. The SMILES string of the molecule is CC(c1ccc(F)c(F)c1)N1CCC(CCC(=O)O)C1. The molecule has 20 heavy (non-hydrogen) atoms. The molecule has 5 heteroatoms. The lowest BCUT2D eigenvalue weighted by molar-refractivity contribution is -0.137. The van der Waals surface area contributed by atoms with Crippen molar-refractivity contribution in [3.05, 3.63) is 35.4 Å². The average Bonchev–Trinajstić information content (AvgIpc) is 2.87. The molecule has 2 rings (SSSR count). The Kier molecular flexibility index (Phi) is 4.70. The zero-order valence-corrected chi connectivity index (χ0v) is 11.5. The maximum atomic E-state index is 13.3. The van der Waals surface area contributed by atoms with Crippen LogP contribution in [0.5, 0.6) is 0 Å². The van der Waals surface area contributed by atoms with Gasteiger partial charge in [-0.25, -0.2) is 8.78 Å². The quantitative estimate of drug-likeness (QED) is 0.902. The summed E-state index contributed by atoms with van der Waals surface area (Å²) in [6.07, 6.45) is 1.83. The largest absolute Gasteiger partial charge is 0.481 e. The molecule has 2 unspecified atom stereocenters. The Bertz CT molecular complexity index is 493. The van der Waals surface area contributed by atoms with Gasteiger partial charge in [0.1, 0.15) is 0 Å². The van der Waals surface area contributed by atoms with E-state index < -0.39 is 17.6 Å². The van der Waals surface area contributed by atoms with Crippen molar-refractivity contribution in [2.75, 3.05) is 13.1 Å². The molecule has 1 heterocycles. The second kappa shape index (κ2) is 6.31. The Morgan fingerprint density at radius 1 is 1.45 bits per heavy atom. The molecular formula is C15H19F2NO2. The highest BCUT2D eigenvalue weighted by Crippen LogP contribution is 2.29. The lowest BCUT2D eigenvalue weighted by Crippen LogP contribution is -2.24. The van der Waals surface area contributed by atoms with Crippen LogP contribution < -0.4 is 0 Å². The van der Waals surface area contributed by atoms with Gasteiger partial charge in [0.2, 0.25) is 0 Å². The van der Waals surface area contributed by atoms with E-state index in [0.717, 1.165) is 31.1 Å². The lowest BCUT2D eigenvalue weighted by Gasteiger charge is -2.24. The monoisotopic (exact) mass is 283 g/mol. The molecule has 1 aromatic carbocycles. The molecule has 0 bridgehead atoms. The molecule has 1 fully saturated rings. The van der Waals surface area contributed by atoms with Gasteiger partial charge in [-0.2, -0.15) is 0 Å². The number of hydrogen-bond donors (Lipinski definition) is 1. The third kappa shape index (κ3) is 3.54. The van der Waals surface area contributed by atoms with E-state index in [9.17, 15) is 13.6 Å². The fourth-order valence-electron chi connectivity index (χ4n) is 2.76. The topological polar surface area (TPSA) is 40.5 Å². The Morgan fingerprint density at radius 2 is 2.20 bits per heavy atom. The summed E-state index contributed by atoms with van der Waals surface area (Å²) in [6.45, 7) is 3.64. The fraction of sp³-hybridized carbons (Fsp3) is 0.533. The molecule has 0 aromatic heterocycles. The first-order chi connectivity index (χ1) is 9.47. The van der Waals surface area contributed by atoms with Crippen LogP contribution in [0.15, 0.2) is 18.2 Å². The van der Waals surface area contributed by atoms with Gasteiger partial charge in [-0.3, -0.25) is 9.69 Å². The summed E-state index contributed by atoms with van der Waals surface area (Å²) < 4.78 is 26.2. The fourth-order valence-corrected chi connectivity index (χ4v) is 2.76. The molecule has 1 N–H and O–H groups in total. The molecule has 110 valence electrons. The van der Waals surface area contributed by atoms with Crippen molar-refractivity contribution in [2.45, 2.75) is 32.2 Å². The van der Waals surface area contributed by atoms with E-state index in [-0.39, 0.29) is 12.5 Å². The minimum Gasteiger partial charge on any atom is -0.481 e. The minimum absolute atomic E-state index is 0.0138. The van der Waals surface area contributed by atoms with Crippen molar-refractivity contribution in [1.82, 2.24) is 4.90 Å². The number of nitrogens with zero attached hydrogens (tertiary/aromatic N) is 1. The third-order valence-corrected chi connectivity index (χ3v) is 4.06. The van der Waals surface area contributed by atoms with E-state index in [0.29, 0.717) is 12.3 Å². The van der Waals surface area contributed by atoms with Crippen LogP contribution in [0.2, 0.25) is 0 Å². The Morgan fingerprint density at radius 3 is 2.85 bits per heavy atom. The van der Waals surface area contributed by atoms with E-state index in [1.807, 2.05) is 6.92 Å². The summed E-state index contributed by atoms with van der Waals surface area (Å²) in [5.41, 5.74) is 0.753.